The van der Waals surface area contributed by atoms with Crippen molar-refractivity contribution in [2.24, 2.45) is 0 Å². The monoisotopic (exact) mass is 196 g/mol. The molecule has 1 aliphatic heterocycles. The Morgan fingerprint density at radius 3 is 2.57 bits per heavy atom. The summed E-state index contributed by atoms with van der Waals surface area (Å²) < 4.78 is 5.29. The van der Waals surface area contributed by atoms with E-state index >= 15 is 0 Å². The minimum absolute atomic E-state index is 0.0822. The lowest BCUT2D eigenvalue weighted by atomic mass is 10.1. The number of epoxide rings is 1. The van der Waals surface area contributed by atoms with Gasteiger partial charge in [0.25, 0.3) is 0 Å². The van der Waals surface area contributed by atoms with Gasteiger partial charge < -0.3 is 9.84 Å². The van der Waals surface area contributed by atoms with Crippen molar-refractivity contribution in [2.45, 2.75) is 64.3 Å². The predicted octanol–water partition coefficient (Wildman–Crippen LogP) is 2.11. The van der Waals surface area contributed by atoms with Crippen molar-refractivity contribution in [1.29, 1.82) is 0 Å². The summed E-state index contributed by atoms with van der Waals surface area (Å²) in [6.07, 6.45) is 3.76. The van der Waals surface area contributed by atoms with Crippen LogP contribution in [0.15, 0.2) is 0 Å². The molecule has 0 spiro atoms. The first-order chi connectivity index (χ1) is 6.58. The Hall–Kier alpha value is -0.520. The Kier molecular flexibility index (Phi) is 3.97. The maximum Gasteiger partial charge on any atom is 0.143 e. The summed E-state index contributed by atoms with van der Waals surface area (Å²) in [5, 5.41) is 9.58. The van der Waals surface area contributed by atoms with Crippen LogP contribution in [-0.4, -0.2) is 22.9 Å². The van der Waals surface area contributed by atoms with E-state index in [1.165, 1.54) is 12.8 Å². The first-order valence-corrected chi connectivity index (χ1v) is 5.42. The highest BCUT2D eigenvalue weighted by Gasteiger charge is 2.51. The summed E-state index contributed by atoms with van der Waals surface area (Å²) in [4.78, 5) is 0. The van der Waals surface area contributed by atoms with Gasteiger partial charge in [-0.15, -0.1) is 5.92 Å². The molecule has 2 heteroatoms. The number of unbranched alkanes of at least 4 members (excludes halogenated alkanes) is 3. The predicted molar refractivity (Wildman–Crippen MR) is 56.9 cm³/mol. The third kappa shape index (κ3) is 3.32. The molecule has 1 saturated heterocycles. The molecule has 14 heavy (non-hydrogen) atoms. The Labute approximate surface area is 86.7 Å². The van der Waals surface area contributed by atoms with Crippen molar-refractivity contribution in [3.05, 3.63) is 0 Å². The smallest absolute Gasteiger partial charge is 0.143 e. The average Bonchev–Trinajstić information content (AvgIpc) is 2.75. The first-order valence-electron chi connectivity index (χ1n) is 5.42. The van der Waals surface area contributed by atoms with Crippen LogP contribution in [0.1, 0.15) is 46.5 Å². The van der Waals surface area contributed by atoms with Crippen LogP contribution >= 0.6 is 0 Å². The molecule has 1 fully saturated rings. The molecule has 0 amide bonds. The van der Waals surface area contributed by atoms with E-state index in [-0.39, 0.29) is 11.7 Å². The maximum atomic E-state index is 9.58. The van der Waals surface area contributed by atoms with E-state index in [0.29, 0.717) is 0 Å². The number of aliphatic hydroxyl groups is 1. The van der Waals surface area contributed by atoms with Crippen molar-refractivity contribution >= 4 is 0 Å². The summed E-state index contributed by atoms with van der Waals surface area (Å²) in [5.74, 6) is 5.84. The second-order valence-corrected chi connectivity index (χ2v) is 4.36. The summed E-state index contributed by atoms with van der Waals surface area (Å²) in [5.41, 5.74) is -0.169. The highest BCUT2D eigenvalue weighted by Crippen LogP contribution is 2.37. The van der Waals surface area contributed by atoms with Crippen molar-refractivity contribution < 1.29 is 9.84 Å². The number of aliphatic hydroxyl groups excluding tert-OH is 1. The summed E-state index contributed by atoms with van der Waals surface area (Å²) in [6, 6.07) is 0. The molecule has 1 heterocycles. The normalized spacial score (nSPS) is 25.0. The topological polar surface area (TPSA) is 32.8 Å². The second kappa shape index (κ2) is 4.82. The SMILES string of the molecule is CCCCCC#C[C@@H](O)C1OC1(C)C. The molecule has 0 aliphatic carbocycles. The molecule has 0 radical (unpaired) electrons. The molecule has 80 valence electrons. The molecular weight excluding hydrogens is 176 g/mol. The van der Waals surface area contributed by atoms with Gasteiger partial charge in [0.2, 0.25) is 0 Å². The van der Waals surface area contributed by atoms with Gasteiger partial charge >= 0.3 is 0 Å². The van der Waals surface area contributed by atoms with Crippen molar-refractivity contribution in [1.82, 2.24) is 0 Å². The van der Waals surface area contributed by atoms with Crippen LogP contribution in [0.25, 0.3) is 0 Å². The fourth-order valence-electron chi connectivity index (χ4n) is 1.45. The van der Waals surface area contributed by atoms with Crippen LogP contribution in [0.2, 0.25) is 0 Å². The molecule has 2 nitrogen and oxygen atoms in total. The van der Waals surface area contributed by atoms with Gasteiger partial charge in [-0.2, -0.15) is 0 Å². The van der Waals surface area contributed by atoms with Gasteiger partial charge in [-0.25, -0.2) is 0 Å². The molecule has 1 N–H and O–H groups in total. The van der Waals surface area contributed by atoms with E-state index < -0.39 is 6.10 Å². The summed E-state index contributed by atoms with van der Waals surface area (Å²) >= 11 is 0. The van der Waals surface area contributed by atoms with Crippen LogP contribution < -0.4 is 0 Å². The number of hydrogen-bond donors (Lipinski definition) is 1. The van der Waals surface area contributed by atoms with Gasteiger partial charge in [-0.05, 0) is 20.3 Å². The Morgan fingerprint density at radius 2 is 2.07 bits per heavy atom. The van der Waals surface area contributed by atoms with Gasteiger partial charge in [0.1, 0.15) is 12.2 Å². The Bertz CT molecular complexity index is 234. The summed E-state index contributed by atoms with van der Waals surface area (Å²) in [6.45, 7) is 6.11. The quantitative estimate of drug-likeness (QED) is 0.424. The molecule has 1 aliphatic rings. The van der Waals surface area contributed by atoms with Crippen molar-refractivity contribution in [3.8, 4) is 11.8 Å². The molecule has 0 aromatic carbocycles. The van der Waals surface area contributed by atoms with Gasteiger partial charge in [-0.1, -0.05) is 25.7 Å². The fourth-order valence-corrected chi connectivity index (χ4v) is 1.45. The zero-order chi connectivity index (χ0) is 10.6. The van der Waals surface area contributed by atoms with E-state index in [4.69, 9.17) is 4.74 Å². The largest absolute Gasteiger partial charge is 0.378 e. The fraction of sp³-hybridized carbons (Fsp3) is 0.833. The molecule has 0 saturated carbocycles. The first kappa shape index (κ1) is 11.6. The van der Waals surface area contributed by atoms with E-state index in [2.05, 4.69) is 18.8 Å². The van der Waals surface area contributed by atoms with Crippen molar-refractivity contribution in [3.63, 3.8) is 0 Å². The van der Waals surface area contributed by atoms with Gasteiger partial charge in [-0.3, -0.25) is 0 Å². The Morgan fingerprint density at radius 1 is 1.43 bits per heavy atom. The van der Waals surface area contributed by atoms with E-state index in [1.807, 2.05) is 13.8 Å². The Balaban J connectivity index is 2.17. The third-order valence-electron chi connectivity index (χ3n) is 2.50. The van der Waals surface area contributed by atoms with Crippen LogP contribution in [0, 0.1) is 11.8 Å². The molecule has 0 aromatic heterocycles. The lowest BCUT2D eigenvalue weighted by Crippen LogP contribution is -2.18. The van der Waals surface area contributed by atoms with Crippen molar-refractivity contribution in [2.75, 3.05) is 0 Å². The number of ether oxygens (including phenoxy) is 1. The van der Waals surface area contributed by atoms with Gasteiger partial charge in [0, 0.05) is 6.42 Å². The van der Waals surface area contributed by atoms with E-state index in [0.717, 1.165) is 12.8 Å². The molecule has 1 unspecified atom stereocenters. The minimum Gasteiger partial charge on any atom is -0.378 e. The standard InChI is InChI=1S/C12H20O2/c1-4-5-6-7-8-9-10(13)11-12(2,3)14-11/h10-11,13H,4-7H2,1-3H3/t10-,11?/m1/s1. The van der Waals surface area contributed by atoms with E-state index in [1.54, 1.807) is 0 Å². The second-order valence-electron chi connectivity index (χ2n) is 4.36. The molecular formula is C12H20O2. The van der Waals surface area contributed by atoms with Gasteiger partial charge in [0.15, 0.2) is 0 Å². The molecule has 0 bridgehead atoms. The van der Waals surface area contributed by atoms with Crippen LogP contribution in [0.3, 0.4) is 0 Å². The third-order valence-corrected chi connectivity index (χ3v) is 2.50. The van der Waals surface area contributed by atoms with Crippen LogP contribution in [0.4, 0.5) is 0 Å². The zero-order valence-corrected chi connectivity index (χ0v) is 9.34. The van der Waals surface area contributed by atoms with E-state index in [9.17, 15) is 5.11 Å². The molecule has 0 aromatic rings. The average molecular weight is 196 g/mol. The number of hydrogen-bond acceptors (Lipinski definition) is 2. The highest BCUT2D eigenvalue weighted by atomic mass is 16.6. The van der Waals surface area contributed by atoms with Crippen LogP contribution in [0.5, 0.6) is 0 Å². The minimum atomic E-state index is -0.605. The molecule has 2 atom stereocenters. The zero-order valence-electron chi connectivity index (χ0n) is 9.34. The maximum absolute atomic E-state index is 9.58. The number of rotatable bonds is 4. The van der Waals surface area contributed by atoms with Gasteiger partial charge in [0.05, 0.1) is 5.60 Å². The highest BCUT2D eigenvalue weighted by molar-refractivity contribution is 5.14. The molecule has 1 rings (SSSR count). The lowest BCUT2D eigenvalue weighted by molar-refractivity contribution is 0.184. The summed E-state index contributed by atoms with van der Waals surface area (Å²) in [7, 11) is 0. The van der Waals surface area contributed by atoms with Crippen LogP contribution in [-0.2, 0) is 4.74 Å². The lowest BCUT2D eigenvalue weighted by Gasteiger charge is -1.98.